The Kier molecular flexibility index (Phi) is 9.01. The number of hydrogen-bond acceptors (Lipinski definition) is 6. The lowest BCUT2D eigenvalue weighted by molar-refractivity contribution is 0.0926. The van der Waals surface area contributed by atoms with E-state index >= 15 is 9.59 Å². The largest absolute Gasteiger partial charge is 0.306 e. The van der Waals surface area contributed by atoms with Gasteiger partial charge >= 0.3 is 0 Å². The Balaban J connectivity index is 1.20. The van der Waals surface area contributed by atoms with Crippen molar-refractivity contribution in [3.8, 4) is 0 Å². The lowest BCUT2D eigenvalue weighted by atomic mass is 9.92. The molecule has 0 radical (unpaired) electrons. The molecule has 63 heavy (non-hydrogen) atoms. The summed E-state index contributed by atoms with van der Waals surface area (Å²) in [7, 11) is 0. The van der Waals surface area contributed by atoms with Crippen molar-refractivity contribution in [1.82, 2.24) is 0 Å². The van der Waals surface area contributed by atoms with Gasteiger partial charge in [-0.15, -0.1) is 0 Å². The van der Waals surface area contributed by atoms with Crippen LogP contribution in [0, 0.1) is 0 Å². The highest BCUT2D eigenvalue weighted by Gasteiger charge is 2.47. The third-order valence-electron chi connectivity index (χ3n) is 12.5. The van der Waals surface area contributed by atoms with E-state index in [1.807, 2.05) is 103 Å². The fourth-order valence-electron chi connectivity index (χ4n) is 9.79. The van der Waals surface area contributed by atoms with Gasteiger partial charge in [-0.1, -0.05) is 131 Å². The van der Waals surface area contributed by atoms with Crippen LogP contribution < -0.4 is 24.5 Å². The van der Waals surface area contributed by atoms with Crippen LogP contribution in [0.25, 0.3) is 0 Å². The summed E-state index contributed by atoms with van der Waals surface area (Å²) >= 11 is 0. The SMILES string of the molecule is CC(C)c1cccc(C(C)C)c1N1C(=O)c2c(N3c4ccccc4N(c4ccccc4)c4ccccc43)ccc(N3c4ccccc4N(c4ccccc4)c4ccccc43)c2C1=O. The van der Waals surface area contributed by atoms with E-state index in [-0.39, 0.29) is 23.7 Å². The van der Waals surface area contributed by atoms with E-state index in [0.717, 1.165) is 68.0 Å². The Bertz CT molecular complexity index is 2810. The van der Waals surface area contributed by atoms with E-state index < -0.39 is 0 Å². The second-order valence-corrected chi connectivity index (χ2v) is 16.9. The molecule has 0 spiro atoms. The summed E-state index contributed by atoms with van der Waals surface area (Å²) in [6.45, 7) is 8.49. The standard InChI is InChI=1S/C56H45N5O2/c1-36(2)40-24-19-25-41(37(3)4)54(40)61-55(62)52-50(59-46-30-15-11-26-42(46)57(38-20-7-5-8-21-38)43-27-12-16-31-47(43)59)34-35-51(53(52)56(61)63)60-48-32-17-13-28-44(48)58(39-22-9-6-10-23-39)45-29-14-18-33-49(45)60/h5-37H,1-4H3. The van der Waals surface area contributed by atoms with E-state index in [4.69, 9.17) is 0 Å². The van der Waals surface area contributed by atoms with Gasteiger partial charge in [-0.3, -0.25) is 9.59 Å². The molecule has 306 valence electrons. The van der Waals surface area contributed by atoms with Crippen molar-refractivity contribution >= 4 is 85.8 Å². The summed E-state index contributed by atoms with van der Waals surface area (Å²) in [6, 6.07) is 64.1. The van der Waals surface area contributed by atoms with Crippen LogP contribution >= 0.6 is 0 Å². The first kappa shape index (κ1) is 38.1. The minimum atomic E-state index is -0.341. The van der Waals surface area contributed by atoms with E-state index in [1.165, 1.54) is 4.90 Å². The van der Waals surface area contributed by atoms with Crippen molar-refractivity contribution in [1.29, 1.82) is 0 Å². The Hall–Kier alpha value is -7.90. The minimum absolute atomic E-state index is 0.0524. The van der Waals surface area contributed by atoms with Crippen LogP contribution in [0.4, 0.5) is 73.9 Å². The summed E-state index contributed by atoms with van der Waals surface area (Å²) in [5.74, 6) is -0.577. The third kappa shape index (κ3) is 5.80. The maximum atomic E-state index is 15.9. The summed E-state index contributed by atoms with van der Waals surface area (Å²) < 4.78 is 0. The molecule has 8 aromatic rings. The fourth-order valence-corrected chi connectivity index (χ4v) is 9.79. The number of anilines is 13. The molecular formula is C56H45N5O2. The first-order chi connectivity index (χ1) is 30.8. The van der Waals surface area contributed by atoms with E-state index in [9.17, 15) is 0 Å². The lowest BCUT2D eigenvalue weighted by Crippen LogP contribution is -2.32. The van der Waals surface area contributed by atoms with Gasteiger partial charge in [0.25, 0.3) is 11.8 Å². The molecule has 11 rings (SSSR count). The number of nitrogens with zero attached hydrogens (tertiary/aromatic N) is 5. The highest BCUT2D eigenvalue weighted by Crippen LogP contribution is 2.59. The number of carbonyl (C=O) groups excluding carboxylic acids is 2. The van der Waals surface area contributed by atoms with Gasteiger partial charge in [0.15, 0.2) is 0 Å². The number of hydrogen-bond donors (Lipinski definition) is 0. The molecule has 3 heterocycles. The summed E-state index contributed by atoms with van der Waals surface area (Å²) in [5, 5.41) is 0. The topological polar surface area (TPSA) is 50.3 Å². The molecule has 0 unspecified atom stereocenters. The van der Waals surface area contributed by atoms with Crippen LogP contribution in [0.1, 0.15) is 71.4 Å². The van der Waals surface area contributed by atoms with Crippen LogP contribution in [-0.2, 0) is 0 Å². The first-order valence-corrected chi connectivity index (χ1v) is 21.7. The van der Waals surface area contributed by atoms with Crippen molar-refractivity contribution in [2.45, 2.75) is 39.5 Å². The highest BCUT2D eigenvalue weighted by molar-refractivity contribution is 6.39. The van der Waals surface area contributed by atoms with E-state index in [0.29, 0.717) is 28.2 Å². The molecule has 0 aromatic heterocycles. The van der Waals surface area contributed by atoms with Crippen LogP contribution in [0.2, 0.25) is 0 Å². The second kappa shape index (κ2) is 14.9. The van der Waals surface area contributed by atoms with Gasteiger partial charge < -0.3 is 19.6 Å². The first-order valence-electron chi connectivity index (χ1n) is 21.7. The van der Waals surface area contributed by atoms with E-state index in [2.05, 4.69) is 132 Å². The number of fused-ring (bicyclic) bond motifs is 5. The van der Waals surface area contributed by atoms with Crippen molar-refractivity contribution in [3.05, 3.63) is 210 Å². The minimum Gasteiger partial charge on any atom is -0.306 e. The number of imide groups is 1. The predicted octanol–water partition coefficient (Wildman–Crippen LogP) is 15.2. The molecule has 0 saturated heterocycles. The Morgan fingerprint density at radius 2 is 0.571 bits per heavy atom. The Labute approximate surface area is 368 Å². The smallest absolute Gasteiger partial charge is 0.268 e. The zero-order valence-corrected chi connectivity index (χ0v) is 35.6. The molecule has 3 aliphatic rings. The highest BCUT2D eigenvalue weighted by atomic mass is 16.2. The molecule has 7 heteroatoms. The van der Waals surface area contributed by atoms with Gasteiger partial charge in [0.2, 0.25) is 0 Å². The number of amides is 2. The maximum absolute atomic E-state index is 15.9. The fraction of sp³-hybridized carbons (Fsp3) is 0.107. The zero-order chi connectivity index (χ0) is 42.9. The molecule has 0 bridgehead atoms. The number of carbonyl (C=O) groups is 2. The predicted molar refractivity (Wildman–Crippen MR) is 258 cm³/mol. The normalized spacial score (nSPS) is 13.9. The van der Waals surface area contributed by atoms with Crippen molar-refractivity contribution in [2.75, 3.05) is 24.5 Å². The van der Waals surface area contributed by atoms with Crippen LogP contribution in [-0.4, -0.2) is 11.8 Å². The summed E-state index contributed by atoms with van der Waals surface area (Å²) in [5.41, 5.74) is 14.1. The molecule has 2 amide bonds. The average molecular weight is 820 g/mol. The molecule has 8 aromatic carbocycles. The van der Waals surface area contributed by atoms with Gasteiger partial charge in [-0.25, -0.2) is 4.90 Å². The molecule has 0 atom stereocenters. The van der Waals surface area contributed by atoms with Crippen LogP contribution in [0.5, 0.6) is 0 Å². The van der Waals surface area contributed by atoms with Crippen LogP contribution in [0.3, 0.4) is 0 Å². The summed E-state index contributed by atoms with van der Waals surface area (Å²) in [6.07, 6.45) is 0. The molecule has 0 aliphatic carbocycles. The monoisotopic (exact) mass is 819 g/mol. The molecular weight excluding hydrogens is 775 g/mol. The number of benzene rings is 8. The zero-order valence-electron chi connectivity index (χ0n) is 35.6. The third-order valence-corrected chi connectivity index (χ3v) is 12.5. The molecule has 0 saturated carbocycles. The van der Waals surface area contributed by atoms with Gasteiger partial charge in [-0.2, -0.15) is 0 Å². The molecule has 3 aliphatic heterocycles. The van der Waals surface area contributed by atoms with Crippen molar-refractivity contribution in [3.63, 3.8) is 0 Å². The van der Waals surface area contributed by atoms with Crippen molar-refractivity contribution < 1.29 is 9.59 Å². The van der Waals surface area contributed by atoms with Gasteiger partial charge in [0.1, 0.15) is 0 Å². The molecule has 7 nitrogen and oxygen atoms in total. The van der Waals surface area contributed by atoms with Crippen LogP contribution in [0.15, 0.2) is 188 Å². The quantitative estimate of drug-likeness (QED) is 0.149. The van der Waals surface area contributed by atoms with Gasteiger partial charge in [-0.05, 0) is 108 Å². The summed E-state index contributed by atoms with van der Waals surface area (Å²) in [4.78, 5) is 42.2. The molecule has 0 fully saturated rings. The Morgan fingerprint density at radius 3 is 0.873 bits per heavy atom. The van der Waals surface area contributed by atoms with E-state index in [1.54, 1.807) is 0 Å². The number of para-hydroxylation sites is 11. The van der Waals surface area contributed by atoms with Gasteiger partial charge in [0.05, 0.1) is 73.7 Å². The lowest BCUT2D eigenvalue weighted by Gasteiger charge is -2.42. The Morgan fingerprint density at radius 1 is 0.286 bits per heavy atom. The van der Waals surface area contributed by atoms with Crippen molar-refractivity contribution in [2.24, 2.45) is 0 Å². The second-order valence-electron chi connectivity index (χ2n) is 16.9. The molecule has 0 N–H and O–H groups in total. The van der Waals surface area contributed by atoms with Gasteiger partial charge in [0, 0.05) is 11.4 Å². The maximum Gasteiger partial charge on any atom is 0.268 e. The number of rotatable bonds is 7. The average Bonchev–Trinajstić information content (AvgIpc) is 3.58.